The van der Waals surface area contributed by atoms with Crippen LogP contribution < -0.4 is 4.74 Å². The van der Waals surface area contributed by atoms with E-state index >= 15 is 0 Å². The van der Waals surface area contributed by atoms with Crippen LogP contribution in [0.5, 0.6) is 5.75 Å². The molecule has 1 aromatic heterocycles. The summed E-state index contributed by atoms with van der Waals surface area (Å²) in [5.74, 6) is -0.0638. The average Bonchev–Trinajstić information content (AvgIpc) is 2.74. The van der Waals surface area contributed by atoms with Gasteiger partial charge in [0.2, 0.25) is 0 Å². The van der Waals surface area contributed by atoms with Crippen molar-refractivity contribution in [2.75, 3.05) is 6.61 Å². The SMILES string of the molecule is CC(=O)c1nn(C(F)F)c2cc(OCC(C)(C)O)ccc12. The first kappa shape index (κ1) is 15.4. The van der Waals surface area contributed by atoms with Crippen molar-refractivity contribution in [2.24, 2.45) is 0 Å². The number of aromatic nitrogens is 2. The van der Waals surface area contributed by atoms with Crippen molar-refractivity contribution in [1.29, 1.82) is 0 Å². The lowest BCUT2D eigenvalue weighted by Gasteiger charge is -2.17. The molecule has 0 saturated heterocycles. The maximum Gasteiger partial charge on any atom is 0.333 e. The largest absolute Gasteiger partial charge is 0.491 e. The van der Waals surface area contributed by atoms with Crippen LogP contribution >= 0.6 is 0 Å². The first-order valence-corrected chi connectivity index (χ1v) is 6.35. The van der Waals surface area contributed by atoms with Gasteiger partial charge >= 0.3 is 6.55 Å². The van der Waals surface area contributed by atoms with Crippen molar-refractivity contribution in [3.63, 3.8) is 0 Å². The van der Waals surface area contributed by atoms with Crippen LogP contribution in [0.2, 0.25) is 0 Å². The quantitative estimate of drug-likeness (QED) is 0.862. The number of ketones is 1. The zero-order valence-corrected chi connectivity index (χ0v) is 11.9. The molecule has 0 unspecified atom stereocenters. The van der Waals surface area contributed by atoms with Crippen molar-refractivity contribution < 1.29 is 23.4 Å². The molecule has 0 fully saturated rings. The van der Waals surface area contributed by atoms with Gasteiger partial charge in [0.05, 0.1) is 11.1 Å². The van der Waals surface area contributed by atoms with Gasteiger partial charge in [0.15, 0.2) is 5.78 Å². The van der Waals surface area contributed by atoms with Gasteiger partial charge in [0.1, 0.15) is 18.1 Å². The summed E-state index contributed by atoms with van der Waals surface area (Å²) < 4.78 is 31.8. The minimum absolute atomic E-state index is 0.000613. The highest BCUT2D eigenvalue weighted by molar-refractivity contribution is 6.05. The second-order valence-electron chi connectivity index (χ2n) is 5.41. The number of ether oxygens (including phenoxy) is 1. The number of halogens is 2. The van der Waals surface area contributed by atoms with Gasteiger partial charge in [0.25, 0.3) is 0 Å². The number of alkyl halides is 2. The van der Waals surface area contributed by atoms with E-state index in [2.05, 4.69) is 5.10 Å². The topological polar surface area (TPSA) is 64.4 Å². The number of carbonyl (C=O) groups excluding carboxylic acids is 1. The number of hydrogen-bond acceptors (Lipinski definition) is 4. The van der Waals surface area contributed by atoms with E-state index < -0.39 is 12.2 Å². The number of rotatable bonds is 5. The van der Waals surface area contributed by atoms with Crippen molar-refractivity contribution in [1.82, 2.24) is 9.78 Å². The minimum atomic E-state index is -2.86. The molecule has 5 nitrogen and oxygen atoms in total. The van der Waals surface area contributed by atoms with Crippen LogP contribution in [0.4, 0.5) is 8.78 Å². The van der Waals surface area contributed by atoms with Crippen LogP contribution in [-0.2, 0) is 0 Å². The van der Waals surface area contributed by atoms with Crippen LogP contribution in [0.3, 0.4) is 0 Å². The predicted molar refractivity (Wildman–Crippen MR) is 72.8 cm³/mol. The summed E-state index contributed by atoms with van der Waals surface area (Å²) >= 11 is 0. The zero-order valence-electron chi connectivity index (χ0n) is 11.9. The number of nitrogens with zero attached hydrogens (tertiary/aromatic N) is 2. The maximum absolute atomic E-state index is 13.0. The molecule has 7 heteroatoms. The third-order valence-electron chi connectivity index (χ3n) is 2.79. The lowest BCUT2D eigenvalue weighted by atomic mass is 10.1. The molecule has 2 rings (SSSR count). The Balaban J connectivity index is 2.46. The van der Waals surface area contributed by atoms with Gasteiger partial charge in [-0.25, -0.2) is 4.68 Å². The van der Waals surface area contributed by atoms with Crippen LogP contribution in [0.25, 0.3) is 10.9 Å². The normalized spacial score (nSPS) is 12.1. The third kappa shape index (κ3) is 3.36. The van der Waals surface area contributed by atoms with Crippen LogP contribution in [0, 0.1) is 0 Å². The molecule has 1 N–H and O–H groups in total. The fraction of sp³-hybridized carbons (Fsp3) is 0.429. The smallest absolute Gasteiger partial charge is 0.333 e. The number of aliphatic hydroxyl groups is 1. The van der Waals surface area contributed by atoms with Gasteiger partial charge in [0, 0.05) is 18.4 Å². The van der Waals surface area contributed by atoms with Gasteiger partial charge in [-0.1, -0.05) is 0 Å². The number of benzene rings is 1. The van der Waals surface area contributed by atoms with Crippen molar-refractivity contribution in [3.8, 4) is 5.75 Å². The lowest BCUT2D eigenvalue weighted by molar-refractivity contribution is 0.0284. The van der Waals surface area contributed by atoms with Gasteiger partial charge < -0.3 is 9.84 Å². The number of Topliss-reactive ketones (excluding diaryl/α,β-unsaturated/α-hetero) is 1. The van der Waals surface area contributed by atoms with Gasteiger partial charge in [-0.05, 0) is 26.0 Å². The third-order valence-corrected chi connectivity index (χ3v) is 2.79. The molecule has 0 radical (unpaired) electrons. The van der Waals surface area contributed by atoms with Crippen molar-refractivity contribution in [2.45, 2.75) is 32.9 Å². The highest BCUT2D eigenvalue weighted by Crippen LogP contribution is 2.27. The molecular formula is C14H16F2N2O3. The van der Waals surface area contributed by atoms with E-state index in [1.807, 2.05) is 0 Å². The van der Waals surface area contributed by atoms with Crippen molar-refractivity contribution >= 4 is 16.7 Å². The predicted octanol–water partition coefficient (Wildman–Crippen LogP) is 2.78. The number of carbonyl (C=O) groups is 1. The first-order valence-electron chi connectivity index (χ1n) is 6.35. The van der Waals surface area contributed by atoms with E-state index in [0.29, 0.717) is 15.8 Å². The Kier molecular flexibility index (Phi) is 3.95. The van der Waals surface area contributed by atoms with E-state index in [-0.39, 0.29) is 23.6 Å². The Morgan fingerprint density at radius 2 is 2.14 bits per heavy atom. The van der Waals surface area contributed by atoms with Crippen LogP contribution in [-0.4, -0.2) is 32.9 Å². The molecule has 0 aliphatic carbocycles. The molecule has 2 aromatic rings. The molecular weight excluding hydrogens is 282 g/mol. The molecule has 0 spiro atoms. The monoisotopic (exact) mass is 298 g/mol. The molecule has 114 valence electrons. The molecule has 0 aliphatic heterocycles. The van der Waals surface area contributed by atoms with Gasteiger partial charge in [-0.15, -0.1) is 0 Å². The standard InChI is InChI=1S/C14H16F2N2O3/c1-8(19)12-10-5-4-9(21-7-14(2,3)20)6-11(10)18(17-12)13(15)16/h4-6,13,20H,7H2,1-3H3. The molecule has 0 bridgehead atoms. The first-order chi connectivity index (χ1) is 9.69. The molecule has 0 atom stereocenters. The number of hydrogen-bond donors (Lipinski definition) is 1. The maximum atomic E-state index is 13.0. The average molecular weight is 298 g/mol. The summed E-state index contributed by atoms with van der Waals surface area (Å²) in [4.78, 5) is 11.5. The molecule has 0 saturated carbocycles. The summed E-state index contributed by atoms with van der Waals surface area (Å²) in [5, 5.41) is 13.6. The van der Waals surface area contributed by atoms with Crippen LogP contribution in [0.15, 0.2) is 18.2 Å². The zero-order chi connectivity index (χ0) is 15.8. The highest BCUT2D eigenvalue weighted by atomic mass is 19.3. The van der Waals surface area contributed by atoms with E-state index in [0.717, 1.165) is 0 Å². The Labute approximate surface area is 120 Å². The minimum Gasteiger partial charge on any atom is -0.491 e. The summed E-state index contributed by atoms with van der Waals surface area (Å²) in [7, 11) is 0. The Morgan fingerprint density at radius 1 is 1.48 bits per heavy atom. The molecule has 1 aromatic carbocycles. The second kappa shape index (κ2) is 5.40. The van der Waals surface area contributed by atoms with Crippen LogP contribution in [0.1, 0.15) is 37.8 Å². The summed E-state index contributed by atoms with van der Waals surface area (Å²) in [6.07, 6.45) is 0. The highest BCUT2D eigenvalue weighted by Gasteiger charge is 2.20. The van der Waals surface area contributed by atoms with E-state index in [1.165, 1.54) is 19.1 Å². The Bertz CT molecular complexity index is 675. The van der Waals surface area contributed by atoms with Gasteiger partial charge in [-0.2, -0.15) is 13.9 Å². The fourth-order valence-electron chi connectivity index (χ4n) is 1.88. The molecule has 0 aliphatic rings. The Morgan fingerprint density at radius 3 is 2.67 bits per heavy atom. The molecule has 0 amide bonds. The second-order valence-corrected chi connectivity index (χ2v) is 5.41. The summed E-state index contributed by atoms with van der Waals surface area (Å²) in [6, 6.07) is 4.45. The van der Waals surface area contributed by atoms with E-state index in [9.17, 15) is 18.7 Å². The lowest BCUT2D eigenvalue weighted by Crippen LogP contribution is -2.27. The molecule has 1 heterocycles. The van der Waals surface area contributed by atoms with Gasteiger partial charge in [-0.3, -0.25) is 4.79 Å². The Hall–Kier alpha value is -2.02. The number of fused-ring (bicyclic) bond motifs is 1. The van der Waals surface area contributed by atoms with E-state index in [4.69, 9.17) is 4.74 Å². The fourth-order valence-corrected chi connectivity index (χ4v) is 1.88. The summed E-state index contributed by atoms with van der Waals surface area (Å²) in [5.41, 5.74) is -0.926. The summed E-state index contributed by atoms with van der Waals surface area (Å²) in [6.45, 7) is 1.58. The van der Waals surface area contributed by atoms with Crippen molar-refractivity contribution in [3.05, 3.63) is 23.9 Å². The molecule has 21 heavy (non-hydrogen) atoms. The van der Waals surface area contributed by atoms with E-state index in [1.54, 1.807) is 19.9 Å².